The topological polar surface area (TPSA) is 41.5 Å². The highest BCUT2D eigenvalue weighted by molar-refractivity contribution is 9.10. The van der Waals surface area contributed by atoms with Crippen LogP contribution in [0.25, 0.3) is 0 Å². The molecule has 0 aliphatic heterocycles. The summed E-state index contributed by atoms with van der Waals surface area (Å²) in [4.78, 5) is 0. The monoisotopic (exact) mass is 369 g/mol. The normalized spacial score (nSPS) is 12.2. The summed E-state index contributed by atoms with van der Waals surface area (Å²) in [5.74, 6) is 0.570. The lowest BCUT2D eigenvalue weighted by molar-refractivity contribution is 0.371. The SMILES string of the molecule is COc1cc(CNC(C)c2cccc(Cl)c2)cc(Br)c1O. The molecule has 1 atom stereocenters. The van der Waals surface area contributed by atoms with Gasteiger partial charge in [-0.25, -0.2) is 0 Å². The molecule has 0 radical (unpaired) electrons. The fourth-order valence-corrected chi connectivity index (χ4v) is 2.74. The van der Waals surface area contributed by atoms with Gasteiger partial charge >= 0.3 is 0 Å². The van der Waals surface area contributed by atoms with Gasteiger partial charge in [0.2, 0.25) is 0 Å². The zero-order chi connectivity index (χ0) is 15.4. The van der Waals surface area contributed by atoms with Crippen LogP contribution in [0.5, 0.6) is 11.5 Å². The van der Waals surface area contributed by atoms with Gasteiger partial charge in [0.15, 0.2) is 11.5 Å². The minimum atomic E-state index is 0.115. The van der Waals surface area contributed by atoms with Crippen molar-refractivity contribution >= 4 is 27.5 Å². The minimum absolute atomic E-state index is 0.115. The van der Waals surface area contributed by atoms with Crippen molar-refractivity contribution in [3.8, 4) is 11.5 Å². The lowest BCUT2D eigenvalue weighted by Gasteiger charge is -2.15. The Morgan fingerprint density at radius 1 is 1.33 bits per heavy atom. The second-order valence-electron chi connectivity index (χ2n) is 4.79. The molecular weight excluding hydrogens is 354 g/mol. The second kappa shape index (κ2) is 7.16. The molecule has 0 aromatic heterocycles. The van der Waals surface area contributed by atoms with Crippen molar-refractivity contribution in [1.29, 1.82) is 0 Å². The molecule has 0 spiro atoms. The maximum atomic E-state index is 9.80. The Bertz CT molecular complexity index is 634. The number of benzene rings is 2. The predicted octanol–water partition coefficient (Wildman–Crippen LogP) is 4.67. The van der Waals surface area contributed by atoms with Gasteiger partial charge in [-0.15, -0.1) is 0 Å². The lowest BCUT2D eigenvalue weighted by Crippen LogP contribution is -2.18. The average Bonchev–Trinajstić information content (AvgIpc) is 2.48. The zero-order valence-corrected chi connectivity index (χ0v) is 14.2. The summed E-state index contributed by atoms with van der Waals surface area (Å²) >= 11 is 9.33. The van der Waals surface area contributed by atoms with Crippen LogP contribution in [0.3, 0.4) is 0 Å². The van der Waals surface area contributed by atoms with Crippen molar-refractivity contribution in [3.63, 3.8) is 0 Å². The van der Waals surface area contributed by atoms with E-state index >= 15 is 0 Å². The molecule has 0 heterocycles. The van der Waals surface area contributed by atoms with Crippen LogP contribution in [-0.4, -0.2) is 12.2 Å². The molecular formula is C16H17BrClNO2. The van der Waals surface area contributed by atoms with E-state index in [2.05, 4.69) is 28.2 Å². The van der Waals surface area contributed by atoms with Crippen LogP contribution in [-0.2, 0) is 6.54 Å². The van der Waals surface area contributed by atoms with Gasteiger partial charge in [-0.3, -0.25) is 0 Å². The first-order valence-corrected chi connectivity index (χ1v) is 7.72. The first-order chi connectivity index (χ1) is 10.0. The van der Waals surface area contributed by atoms with Crippen LogP contribution in [0.15, 0.2) is 40.9 Å². The number of aromatic hydroxyl groups is 1. The Kier molecular flexibility index (Phi) is 5.51. The van der Waals surface area contributed by atoms with Crippen molar-refractivity contribution in [2.45, 2.75) is 19.5 Å². The van der Waals surface area contributed by atoms with Crippen molar-refractivity contribution in [2.24, 2.45) is 0 Å². The molecule has 2 aromatic carbocycles. The van der Waals surface area contributed by atoms with Gasteiger partial charge in [-0.2, -0.15) is 0 Å². The summed E-state index contributed by atoms with van der Waals surface area (Å²) in [5.41, 5.74) is 2.15. The molecule has 0 bridgehead atoms. The molecule has 0 aliphatic carbocycles. The third-order valence-electron chi connectivity index (χ3n) is 3.27. The maximum absolute atomic E-state index is 9.80. The first kappa shape index (κ1) is 16.1. The number of phenols is 1. The van der Waals surface area contributed by atoms with Gasteiger partial charge in [0, 0.05) is 17.6 Å². The van der Waals surface area contributed by atoms with E-state index in [4.69, 9.17) is 16.3 Å². The molecule has 0 aliphatic rings. The Morgan fingerprint density at radius 3 is 2.76 bits per heavy atom. The molecule has 1 unspecified atom stereocenters. The Hall–Kier alpha value is -1.23. The standard InChI is InChI=1S/C16H17BrClNO2/c1-10(12-4-3-5-13(18)8-12)19-9-11-6-14(17)16(20)15(7-11)21-2/h3-8,10,19-20H,9H2,1-2H3. The number of methoxy groups -OCH3 is 1. The molecule has 112 valence electrons. The van der Waals surface area contributed by atoms with E-state index in [-0.39, 0.29) is 11.8 Å². The molecule has 5 heteroatoms. The lowest BCUT2D eigenvalue weighted by atomic mass is 10.1. The first-order valence-electron chi connectivity index (χ1n) is 6.55. The van der Waals surface area contributed by atoms with Crippen LogP contribution in [0.1, 0.15) is 24.1 Å². The quantitative estimate of drug-likeness (QED) is 0.804. The molecule has 0 fully saturated rings. The van der Waals surface area contributed by atoms with E-state index in [1.165, 1.54) is 7.11 Å². The van der Waals surface area contributed by atoms with Gasteiger partial charge in [0.25, 0.3) is 0 Å². The summed E-state index contributed by atoms with van der Waals surface area (Å²) in [7, 11) is 1.54. The molecule has 21 heavy (non-hydrogen) atoms. The third kappa shape index (κ3) is 4.13. The molecule has 0 amide bonds. The minimum Gasteiger partial charge on any atom is -0.503 e. The van der Waals surface area contributed by atoms with Crippen molar-refractivity contribution in [3.05, 3.63) is 57.0 Å². The largest absolute Gasteiger partial charge is 0.503 e. The fraction of sp³-hybridized carbons (Fsp3) is 0.250. The summed E-state index contributed by atoms with van der Waals surface area (Å²) in [6.45, 7) is 2.74. The smallest absolute Gasteiger partial charge is 0.172 e. The summed E-state index contributed by atoms with van der Waals surface area (Å²) in [6, 6.07) is 11.6. The van der Waals surface area contributed by atoms with Crippen molar-refractivity contribution in [2.75, 3.05) is 7.11 Å². The Morgan fingerprint density at radius 2 is 2.10 bits per heavy atom. The summed E-state index contributed by atoms with van der Waals surface area (Å²) in [5, 5.41) is 14.0. The van der Waals surface area contributed by atoms with E-state index in [1.54, 1.807) is 0 Å². The predicted molar refractivity (Wildman–Crippen MR) is 89.1 cm³/mol. The molecule has 0 saturated carbocycles. The number of nitrogens with one attached hydrogen (secondary N) is 1. The number of hydrogen-bond acceptors (Lipinski definition) is 3. The molecule has 3 nitrogen and oxygen atoms in total. The molecule has 2 N–H and O–H groups in total. The zero-order valence-electron chi connectivity index (χ0n) is 11.9. The van der Waals surface area contributed by atoms with Crippen LogP contribution in [0, 0.1) is 0 Å². The van der Waals surface area contributed by atoms with Gasteiger partial charge in [-0.1, -0.05) is 23.7 Å². The van der Waals surface area contributed by atoms with E-state index in [9.17, 15) is 5.11 Å². The van der Waals surface area contributed by atoms with Crippen LogP contribution in [0.2, 0.25) is 5.02 Å². The number of rotatable bonds is 5. The molecule has 2 rings (SSSR count). The van der Waals surface area contributed by atoms with Crippen LogP contribution >= 0.6 is 27.5 Å². The highest BCUT2D eigenvalue weighted by Crippen LogP contribution is 2.35. The Balaban J connectivity index is 2.08. The number of phenolic OH excluding ortho intramolecular Hbond substituents is 1. The highest BCUT2D eigenvalue weighted by Gasteiger charge is 2.10. The molecule has 0 saturated heterocycles. The van der Waals surface area contributed by atoms with E-state index in [0.717, 1.165) is 16.1 Å². The van der Waals surface area contributed by atoms with E-state index in [0.29, 0.717) is 16.8 Å². The van der Waals surface area contributed by atoms with Crippen LogP contribution < -0.4 is 10.1 Å². The average molecular weight is 371 g/mol. The van der Waals surface area contributed by atoms with E-state index < -0.39 is 0 Å². The van der Waals surface area contributed by atoms with E-state index in [1.807, 2.05) is 36.4 Å². The van der Waals surface area contributed by atoms with Crippen molar-refractivity contribution in [1.82, 2.24) is 5.32 Å². The highest BCUT2D eigenvalue weighted by atomic mass is 79.9. The summed E-state index contributed by atoms with van der Waals surface area (Å²) in [6.07, 6.45) is 0. The van der Waals surface area contributed by atoms with Gasteiger partial charge in [0.1, 0.15) is 0 Å². The maximum Gasteiger partial charge on any atom is 0.172 e. The number of ether oxygens (including phenoxy) is 1. The molecule has 2 aromatic rings. The Labute approximate surface area is 138 Å². The van der Waals surface area contributed by atoms with Crippen LogP contribution in [0.4, 0.5) is 0 Å². The van der Waals surface area contributed by atoms with Crippen molar-refractivity contribution < 1.29 is 9.84 Å². The second-order valence-corrected chi connectivity index (χ2v) is 6.08. The third-order valence-corrected chi connectivity index (χ3v) is 4.11. The van der Waals surface area contributed by atoms with Gasteiger partial charge in [-0.05, 0) is 58.2 Å². The van der Waals surface area contributed by atoms with Gasteiger partial charge in [0.05, 0.1) is 11.6 Å². The summed E-state index contributed by atoms with van der Waals surface area (Å²) < 4.78 is 5.77. The van der Waals surface area contributed by atoms with Gasteiger partial charge < -0.3 is 15.2 Å². The fourth-order valence-electron chi connectivity index (χ4n) is 2.05. The number of hydrogen-bond donors (Lipinski definition) is 2. The number of halogens is 2.